The summed E-state index contributed by atoms with van der Waals surface area (Å²) < 4.78 is 0. The zero-order chi connectivity index (χ0) is 12.1. The summed E-state index contributed by atoms with van der Waals surface area (Å²) in [6.07, 6.45) is 5.68. The second-order valence-corrected chi connectivity index (χ2v) is 5.00. The van der Waals surface area contributed by atoms with Crippen LogP contribution in [0.15, 0.2) is 43.0 Å². The van der Waals surface area contributed by atoms with E-state index < -0.39 is 0 Å². The van der Waals surface area contributed by atoms with Crippen LogP contribution in [0.5, 0.6) is 0 Å². The predicted octanol–water partition coefficient (Wildman–Crippen LogP) is 3.73. The molecule has 1 aliphatic rings. The van der Waals surface area contributed by atoms with Gasteiger partial charge in [0.25, 0.3) is 0 Å². The van der Waals surface area contributed by atoms with Gasteiger partial charge in [0.05, 0.1) is 0 Å². The lowest BCUT2D eigenvalue weighted by Gasteiger charge is -2.16. The standard InChI is InChI=1S/C16H23N/c1-3-8-16(17-11-4-2)15-12-14(15)13-9-6-5-7-10-13/h3,5-7,9-10,14-17H,1,4,8,11-12H2,2H3. The summed E-state index contributed by atoms with van der Waals surface area (Å²) in [6.45, 7) is 7.22. The Hall–Kier alpha value is -1.08. The van der Waals surface area contributed by atoms with Crippen LogP contribution in [0.1, 0.15) is 37.7 Å². The van der Waals surface area contributed by atoms with Gasteiger partial charge < -0.3 is 5.32 Å². The molecule has 1 fully saturated rings. The number of benzene rings is 1. The molecule has 1 aliphatic carbocycles. The molecule has 1 nitrogen and oxygen atoms in total. The summed E-state index contributed by atoms with van der Waals surface area (Å²) in [6, 6.07) is 11.5. The third kappa shape index (κ3) is 3.19. The van der Waals surface area contributed by atoms with E-state index in [0.29, 0.717) is 6.04 Å². The van der Waals surface area contributed by atoms with Gasteiger partial charge in [0, 0.05) is 6.04 Å². The minimum Gasteiger partial charge on any atom is -0.313 e. The summed E-state index contributed by atoms with van der Waals surface area (Å²) in [5.41, 5.74) is 1.50. The smallest absolute Gasteiger partial charge is 0.0136 e. The van der Waals surface area contributed by atoms with E-state index in [1.165, 1.54) is 18.4 Å². The Labute approximate surface area is 105 Å². The number of hydrogen-bond donors (Lipinski definition) is 1. The number of hydrogen-bond acceptors (Lipinski definition) is 1. The van der Waals surface area contributed by atoms with Crippen LogP contribution in [0.4, 0.5) is 0 Å². The highest BCUT2D eigenvalue weighted by Crippen LogP contribution is 2.50. The molecule has 1 aromatic carbocycles. The van der Waals surface area contributed by atoms with E-state index in [9.17, 15) is 0 Å². The fourth-order valence-corrected chi connectivity index (χ4v) is 2.66. The van der Waals surface area contributed by atoms with Gasteiger partial charge in [-0.25, -0.2) is 0 Å². The monoisotopic (exact) mass is 229 g/mol. The average Bonchev–Trinajstić information content (AvgIpc) is 3.16. The van der Waals surface area contributed by atoms with Crippen LogP contribution in [0, 0.1) is 5.92 Å². The lowest BCUT2D eigenvalue weighted by Crippen LogP contribution is -2.31. The molecule has 3 unspecified atom stereocenters. The second-order valence-electron chi connectivity index (χ2n) is 5.00. The third-order valence-electron chi connectivity index (χ3n) is 3.66. The van der Waals surface area contributed by atoms with Gasteiger partial charge in [0.2, 0.25) is 0 Å². The van der Waals surface area contributed by atoms with E-state index in [2.05, 4.69) is 49.2 Å². The first-order chi connectivity index (χ1) is 8.36. The van der Waals surface area contributed by atoms with Gasteiger partial charge in [0.15, 0.2) is 0 Å². The number of rotatable bonds is 7. The van der Waals surface area contributed by atoms with Gasteiger partial charge >= 0.3 is 0 Å². The van der Waals surface area contributed by atoms with Crippen molar-refractivity contribution in [1.82, 2.24) is 5.32 Å². The zero-order valence-corrected chi connectivity index (χ0v) is 10.7. The Balaban J connectivity index is 1.92. The molecule has 3 atom stereocenters. The van der Waals surface area contributed by atoms with E-state index in [1.807, 2.05) is 6.08 Å². The molecule has 2 rings (SSSR count). The fraction of sp³-hybridized carbons (Fsp3) is 0.500. The van der Waals surface area contributed by atoms with Gasteiger partial charge in [0.1, 0.15) is 0 Å². The maximum Gasteiger partial charge on any atom is 0.0136 e. The van der Waals surface area contributed by atoms with Crippen molar-refractivity contribution in [3.05, 3.63) is 48.6 Å². The van der Waals surface area contributed by atoms with E-state index in [-0.39, 0.29) is 0 Å². The number of nitrogens with one attached hydrogen (secondary N) is 1. The molecule has 1 aromatic rings. The van der Waals surface area contributed by atoms with Crippen LogP contribution in [-0.4, -0.2) is 12.6 Å². The molecule has 1 saturated carbocycles. The summed E-state index contributed by atoms with van der Waals surface area (Å²) in [5.74, 6) is 1.58. The topological polar surface area (TPSA) is 12.0 Å². The van der Waals surface area contributed by atoms with E-state index in [0.717, 1.165) is 24.8 Å². The summed E-state index contributed by atoms with van der Waals surface area (Å²) in [4.78, 5) is 0. The Morgan fingerprint density at radius 2 is 2.18 bits per heavy atom. The highest BCUT2D eigenvalue weighted by Gasteiger charge is 2.42. The molecule has 92 valence electrons. The molecule has 0 amide bonds. The normalized spacial score (nSPS) is 24.3. The Bertz CT molecular complexity index is 344. The van der Waals surface area contributed by atoms with Gasteiger partial charge in [-0.3, -0.25) is 0 Å². The quantitative estimate of drug-likeness (QED) is 0.702. The van der Waals surface area contributed by atoms with Crippen LogP contribution in [0.25, 0.3) is 0 Å². The summed E-state index contributed by atoms with van der Waals surface area (Å²) in [7, 11) is 0. The molecule has 0 spiro atoms. The fourth-order valence-electron chi connectivity index (χ4n) is 2.66. The van der Waals surface area contributed by atoms with Gasteiger partial charge in [-0.2, -0.15) is 0 Å². The van der Waals surface area contributed by atoms with Crippen LogP contribution >= 0.6 is 0 Å². The van der Waals surface area contributed by atoms with Crippen molar-refractivity contribution < 1.29 is 0 Å². The SMILES string of the molecule is C=CCC(NCCC)C1CC1c1ccccc1. The van der Waals surface area contributed by atoms with Crippen molar-refractivity contribution in [1.29, 1.82) is 0 Å². The van der Waals surface area contributed by atoms with Crippen molar-refractivity contribution in [2.75, 3.05) is 6.54 Å². The lowest BCUT2D eigenvalue weighted by atomic mass is 10.0. The highest BCUT2D eigenvalue weighted by atomic mass is 14.9. The first-order valence-corrected chi connectivity index (χ1v) is 6.76. The van der Waals surface area contributed by atoms with Gasteiger partial charge in [-0.05, 0) is 43.2 Å². The van der Waals surface area contributed by atoms with Gasteiger partial charge in [-0.1, -0.05) is 43.3 Å². The summed E-state index contributed by atoms with van der Waals surface area (Å²) >= 11 is 0. The Morgan fingerprint density at radius 3 is 2.82 bits per heavy atom. The molecular formula is C16H23N. The van der Waals surface area contributed by atoms with E-state index >= 15 is 0 Å². The first kappa shape index (κ1) is 12.4. The van der Waals surface area contributed by atoms with Crippen molar-refractivity contribution in [3.8, 4) is 0 Å². The maximum atomic E-state index is 3.88. The van der Waals surface area contributed by atoms with E-state index in [1.54, 1.807) is 0 Å². The molecule has 0 aromatic heterocycles. The Kier molecular flexibility index (Phi) is 4.38. The van der Waals surface area contributed by atoms with Crippen molar-refractivity contribution in [3.63, 3.8) is 0 Å². The third-order valence-corrected chi connectivity index (χ3v) is 3.66. The zero-order valence-electron chi connectivity index (χ0n) is 10.7. The molecule has 17 heavy (non-hydrogen) atoms. The molecule has 0 aliphatic heterocycles. The largest absolute Gasteiger partial charge is 0.313 e. The second kappa shape index (κ2) is 6.02. The summed E-state index contributed by atoms with van der Waals surface area (Å²) in [5, 5.41) is 3.66. The maximum absolute atomic E-state index is 3.88. The van der Waals surface area contributed by atoms with Crippen molar-refractivity contribution in [2.24, 2.45) is 5.92 Å². The predicted molar refractivity (Wildman–Crippen MR) is 74.2 cm³/mol. The van der Waals surface area contributed by atoms with Crippen LogP contribution < -0.4 is 5.32 Å². The van der Waals surface area contributed by atoms with Crippen LogP contribution in [-0.2, 0) is 0 Å². The van der Waals surface area contributed by atoms with Crippen molar-refractivity contribution in [2.45, 2.75) is 38.1 Å². The molecule has 0 heterocycles. The average molecular weight is 229 g/mol. The highest BCUT2D eigenvalue weighted by molar-refractivity contribution is 5.26. The molecule has 0 saturated heterocycles. The van der Waals surface area contributed by atoms with Crippen LogP contribution in [0.2, 0.25) is 0 Å². The molecule has 1 N–H and O–H groups in total. The lowest BCUT2D eigenvalue weighted by molar-refractivity contribution is 0.459. The van der Waals surface area contributed by atoms with Crippen molar-refractivity contribution >= 4 is 0 Å². The molecule has 0 bridgehead atoms. The molecule has 0 radical (unpaired) electrons. The molecule has 1 heteroatoms. The molecular weight excluding hydrogens is 206 g/mol. The van der Waals surface area contributed by atoms with E-state index in [4.69, 9.17) is 0 Å². The first-order valence-electron chi connectivity index (χ1n) is 6.76. The minimum atomic E-state index is 0.623. The minimum absolute atomic E-state index is 0.623. The Morgan fingerprint density at radius 1 is 1.41 bits per heavy atom. The van der Waals surface area contributed by atoms with Crippen LogP contribution in [0.3, 0.4) is 0 Å². The van der Waals surface area contributed by atoms with Gasteiger partial charge in [-0.15, -0.1) is 6.58 Å².